The third kappa shape index (κ3) is 25.9. The lowest BCUT2D eigenvalue weighted by Crippen LogP contribution is -2.30. The van der Waals surface area contributed by atoms with Crippen molar-refractivity contribution in [1.82, 2.24) is 10.6 Å². The van der Waals surface area contributed by atoms with Gasteiger partial charge in [0.1, 0.15) is 0 Å². The highest BCUT2D eigenvalue weighted by Crippen LogP contribution is 2.06. The van der Waals surface area contributed by atoms with Gasteiger partial charge in [0.15, 0.2) is 11.9 Å². The molecule has 0 spiro atoms. The predicted molar refractivity (Wildman–Crippen MR) is 145 cm³/mol. The van der Waals surface area contributed by atoms with Crippen LogP contribution in [0.25, 0.3) is 0 Å². The monoisotopic (exact) mass is 461 g/mol. The lowest BCUT2D eigenvalue weighted by Gasteiger charge is -2.06. The van der Waals surface area contributed by atoms with Crippen LogP contribution in [-0.2, 0) is 0 Å². The van der Waals surface area contributed by atoms with Crippen molar-refractivity contribution in [2.45, 2.75) is 90.9 Å². The number of benzene rings is 1. The van der Waals surface area contributed by atoms with Gasteiger partial charge in [-0.05, 0) is 52.6 Å². The van der Waals surface area contributed by atoms with Crippen molar-refractivity contribution in [2.24, 2.45) is 22.2 Å². The molecule has 1 aromatic carbocycles. The van der Waals surface area contributed by atoms with Crippen LogP contribution in [0.5, 0.6) is 0 Å². The van der Waals surface area contributed by atoms with E-state index in [1.807, 2.05) is 0 Å². The van der Waals surface area contributed by atoms with Crippen LogP contribution in [0, 0.1) is 19.3 Å². The molecule has 7 nitrogen and oxygen atoms in total. The highest BCUT2D eigenvalue weighted by Gasteiger charge is 1.94. The van der Waals surface area contributed by atoms with E-state index in [0.717, 1.165) is 39.0 Å². The second kappa shape index (κ2) is 22.9. The fourth-order valence-electron chi connectivity index (χ4n) is 3.34. The molecule has 0 amide bonds. The van der Waals surface area contributed by atoms with Gasteiger partial charge >= 0.3 is 0 Å². The van der Waals surface area contributed by atoms with Crippen molar-refractivity contribution >= 4 is 11.9 Å². The Hall–Kier alpha value is -2.28. The summed E-state index contributed by atoms with van der Waals surface area (Å²) in [4.78, 5) is 3.99. The van der Waals surface area contributed by atoms with E-state index in [9.17, 15) is 0 Å². The summed E-state index contributed by atoms with van der Waals surface area (Å²) in [7, 11) is 0. The van der Waals surface area contributed by atoms with Gasteiger partial charge in [0.25, 0.3) is 0 Å². The second-order valence-electron chi connectivity index (χ2n) is 8.79. The molecule has 0 aliphatic heterocycles. The van der Waals surface area contributed by atoms with Crippen molar-refractivity contribution in [3.8, 4) is 0 Å². The summed E-state index contributed by atoms with van der Waals surface area (Å²) in [5.74, 6) is 0.280. The quantitative estimate of drug-likeness (QED) is 0.110. The van der Waals surface area contributed by atoms with Crippen LogP contribution in [0.3, 0.4) is 0 Å². The van der Waals surface area contributed by atoms with E-state index in [2.05, 4.69) is 53.7 Å². The zero-order chi connectivity index (χ0) is 24.6. The Labute approximate surface area is 202 Å². The summed E-state index contributed by atoms with van der Waals surface area (Å²) in [6, 6.07) is 8.48. The molecule has 0 aliphatic rings. The van der Waals surface area contributed by atoms with Gasteiger partial charge in [0.2, 0.25) is 0 Å². The molecule has 9 N–H and O–H groups in total. The third-order valence-corrected chi connectivity index (χ3v) is 5.37. The zero-order valence-electron chi connectivity index (χ0n) is 21.3. The highest BCUT2D eigenvalue weighted by atomic mass is 15.0. The maximum atomic E-state index is 7.05. The van der Waals surface area contributed by atoms with Gasteiger partial charge in [-0.2, -0.15) is 0 Å². The molecule has 0 fully saturated rings. The number of hydrogen-bond acceptors (Lipinski definition) is 3. The van der Waals surface area contributed by atoms with E-state index < -0.39 is 0 Å². The summed E-state index contributed by atoms with van der Waals surface area (Å²) in [6.07, 6.45) is 15.0. The number of nitrogens with one attached hydrogen (secondary N) is 3. The number of unbranched alkanes of at least 4 members (excludes halogenated alkanes) is 10. The van der Waals surface area contributed by atoms with E-state index >= 15 is 0 Å². The molecule has 190 valence electrons. The van der Waals surface area contributed by atoms with Gasteiger partial charge in [0, 0.05) is 13.1 Å². The van der Waals surface area contributed by atoms with E-state index in [0.29, 0.717) is 0 Å². The fourth-order valence-corrected chi connectivity index (χ4v) is 3.34. The smallest absolute Gasteiger partial charge is 0.185 e. The molecule has 1 rings (SSSR count). The van der Waals surface area contributed by atoms with Gasteiger partial charge < -0.3 is 27.8 Å². The molecule has 0 aromatic heterocycles. The number of rotatable bonds is 18. The minimum Gasteiger partial charge on any atom is -0.370 e. The standard InChI is InChI=1S/C18H41N7.C8H10/c19-17(20)24-15-11-7-3-1-5-9-13-23-14-10-6-2-4-8-12-16-25-18(21)22;1-7-3-5-8(2)6-4-7/h23H,1-16H2,(H4,19,20,24)(H4,21,22,25);3-6H,1-2H3. The molecular formula is C26H51N7. The largest absolute Gasteiger partial charge is 0.370 e. The van der Waals surface area contributed by atoms with Crippen molar-refractivity contribution in [2.75, 3.05) is 26.2 Å². The van der Waals surface area contributed by atoms with E-state index in [-0.39, 0.29) is 11.9 Å². The Morgan fingerprint density at radius 1 is 0.667 bits per heavy atom. The summed E-state index contributed by atoms with van der Waals surface area (Å²) >= 11 is 0. The third-order valence-electron chi connectivity index (χ3n) is 5.37. The molecule has 0 radical (unpaired) electrons. The molecule has 0 heterocycles. The van der Waals surface area contributed by atoms with Crippen LogP contribution in [-0.4, -0.2) is 38.1 Å². The normalized spacial score (nSPS) is 10.2. The molecular weight excluding hydrogens is 410 g/mol. The van der Waals surface area contributed by atoms with Gasteiger partial charge in [0.05, 0.1) is 0 Å². The summed E-state index contributed by atoms with van der Waals surface area (Å²) in [5.41, 5.74) is 18.4. The van der Waals surface area contributed by atoms with Crippen LogP contribution in [0.15, 0.2) is 29.3 Å². The van der Waals surface area contributed by atoms with Crippen LogP contribution in [0.1, 0.15) is 88.2 Å². The summed E-state index contributed by atoms with van der Waals surface area (Å²) < 4.78 is 0. The summed E-state index contributed by atoms with van der Waals surface area (Å²) in [5, 5.41) is 13.4. The van der Waals surface area contributed by atoms with E-state index in [4.69, 9.17) is 22.6 Å². The van der Waals surface area contributed by atoms with Gasteiger partial charge in [-0.1, -0.05) is 86.8 Å². The second-order valence-corrected chi connectivity index (χ2v) is 8.79. The maximum Gasteiger partial charge on any atom is 0.185 e. The molecule has 0 atom stereocenters. The number of aryl methyl sites for hydroxylation is 2. The number of nitrogens with two attached hydrogens (primary N) is 3. The van der Waals surface area contributed by atoms with Crippen LogP contribution in [0.2, 0.25) is 0 Å². The number of nitrogens with zero attached hydrogens (tertiary/aromatic N) is 1. The fraction of sp³-hybridized carbons (Fsp3) is 0.692. The minimum absolute atomic E-state index is 0.0777. The van der Waals surface area contributed by atoms with E-state index in [1.54, 1.807) is 0 Å². The minimum atomic E-state index is 0.0777. The first kappa shape index (κ1) is 30.7. The SMILES string of the molecule is Cc1ccc(C)cc1.N=C(N)NCCCCCCCCNCCCCCCCCN=C(N)N. The molecule has 7 heteroatoms. The molecule has 0 aliphatic carbocycles. The van der Waals surface area contributed by atoms with Gasteiger partial charge in [-0.15, -0.1) is 0 Å². The van der Waals surface area contributed by atoms with Crippen molar-refractivity contribution in [3.63, 3.8) is 0 Å². The first-order valence-electron chi connectivity index (χ1n) is 12.8. The first-order chi connectivity index (χ1) is 15.9. The molecule has 0 saturated heterocycles. The van der Waals surface area contributed by atoms with Crippen molar-refractivity contribution < 1.29 is 0 Å². The summed E-state index contributed by atoms with van der Waals surface area (Å²) in [6.45, 7) is 8.07. The van der Waals surface area contributed by atoms with Gasteiger partial charge in [-0.3, -0.25) is 10.4 Å². The molecule has 0 unspecified atom stereocenters. The number of hydrogen-bond donors (Lipinski definition) is 6. The van der Waals surface area contributed by atoms with Crippen LogP contribution >= 0.6 is 0 Å². The average Bonchev–Trinajstić information content (AvgIpc) is 2.77. The first-order valence-corrected chi connectivity index (χ1v) is 12.8. The Bertz CT molecular complexity index is 574. The maximum absolute atomic E-state index is 7.05. The highest BCUT2D eigenvalue weighted by molar-refractivity contribution is 5.75. The zero-order valence-corrected chi connectivity index (χ0v) is 21.3. The van der Waals surface area contributed by atoms with Gasteiger partial charge in [-0.25, -0.2) is 0 Å². The topological polar surface area (TPSA) is 138 Å². The average molecular weight is 462 g/mol. The van der Waals surface area contributed by atoms with Crippen molar-refractivity contribution in [1.29, 1.82) is 5.41 Å². The molecule has 33 heavy (non-hydrogen) atoms. The Kier molecular flexibility index (Phi) is 21.3. The Morgan fingerprint density at radius 2 is 1.06 bits per heavy atom. The molecule has 1 aromatic rings. The molecule has 0 bridgehead atoms. The number of aliphatic imine (C=N–C) groups is 1. The lowest BCUT2D eigenvalue weighted by atomic mass is 10.1. The Morgan fingerprint density at radius 3 is 1.48 bits per heavy atom. The van der Waals surface area contributed by atoms with E-state index in [1.165, 1.54) is 75.3 Å². The van der Waals surface area contributed by atoms with Crippen LogP contribution < -0.4 is 27.8 Å². The van der Waals surface area contributed by atoms with Crippen LogP contribution in [0.4, 0.5) is 0 Å². The lowest BCUT2D eigenvalue weighted by molar-refractivity contribution is 0.539. The predicted octanol–water partition coefficient (Wildman–Crippen LogP) is 4.32. The molecule has 0 saturated carbocycles. The number of guanidine groups is 2. The van der Waals surface area contributed by atoms with Crippen molar-refractivity contribution in [3.05, 3.63) is 35.4 Å². The Balaban J connectivity index is 0.00000106.